The average Bonchev–Trinajstić information content (AvgIpc) is 2.20. The molecule has 1 aromatic rings. The lowest BCUT2D eigenvalue weighted by Gasteiger charge is -1.99. The van der Waals surface area contributed by atoms with Crippen LogP contribution in [0.4, 0.5) is 10.1 Å². The van der Waals surface area contributed by atoms with Gasteiger partial charge in [0.05, 0.1) is 0 Å². The predicted molar refractivity (Wildman–Crippen MR) is 55.8 cm³/mol. The minimum absolute atomic E-state index is 0.222. The van der Waals surface area contributed by atoms with Gasteiger partial charge in [0.1, 0.15) is 11.5 Å². The van der Waals surface area contributed by atoms with E-state index in [9.17, 15) is 4.39 Å². The van der Waals surface area contributed by atoms with Crippen LogP contribution in [0.15, 0.2) is 29.3 Å². The molecule has 0 saturated carbocycles. The molecule has 1 aromatic carbocycles. The third-order valence-corrected chi connectivity index (χ3v) is 2.01. The van der Waals surface area contributed by atoms with Crippen LogP contribution in [-0.2, 0) is 0 Å². The van der Waals surface area contributed by atoms with Gasteiger partial charge < -0.3 is 0 Å². The van der Waals surface area contributed by atoms with Crippen molar-refractivity contribution in [1.82, 2.24) is 5.32 Å². The standard InChI is InChI=1S/C9H8FN3S/c1-14-9(12-6-11)13-8-5-3-2-4-7(8)10/h2-5H,1H3,(H,12,13). The molecular formula is C9H8FN3S. The summed E-state index contributed by atoms with van der Waals surface area (Å²) >= 11 is 1.25. The van der Waals surface area contributed by atoms with E-state index >= 15 is 0 Å². The Morgan fingerprint density at radius 2 is 2.29 bits per heavy atom. The topological polar surface area (TPSA) is 48.2 Å². The Morgan fingerprint density at radius 1 is 1.57 bits per heavy atom. The lowest BCUT2D eigenvalue weighted by atomic mass is 10.3. The van der Waals surface area contributed by atoms with E-state index in [4.69, 9.17) is 5.26 Å². The number of aliphatic imine (C=N–C) groups is 1. The Bertz CT molecular complexity index is 384. The molecule has 0 fully saturated rings. The molecule has 0 saturated heterocycles. The highest BCUT2D eigenvalue weighted by Gasteiger charge is 2.00. The molecule has 5 heteroatoms. The number of thioether (sulfide) groups is 1. The first-order valence-electron chi connectivity index (χ1n) is 3.80. The van der Waals surface area contributed by atoms with Gasteiger partial charge in [0, 0.05) is 0 Å². The lowest BCUT2D eigenvalue weighted by Crippen LogP contribution is -2.12. The normalized spacial score (nSPS) is 10.8. The van der Waals surface area contributed by atoms with E-state index in [0.29, 0.717) is 5.17 Å². The summed E-state index contributed by atoms with van der Waals surface area (Å²) in [5, 5.41) is 11.1. The summed E-state index contributed by atoms with van der Waals surface area (Å²) in [6.07, 6.45) is 3.49. The summed E-state index contributed by atoms with van der Waals surface area (Å²) in [7, 11) is 0. The van der Waals surface area contributed by atoms with E-state index in [-0.39, 0.29) is 5.69 Å². The Morgan fingerprint density at radius 3 is 2.86 bits per heavy atom. The molecule has 0 unspecified atom stereocenters. The zero-order valence-corrected chi connectivity index (χ0v) is 8.31. The largest absolute Gasteiger partial charge is 0.271 e. The van der Waals surface area contributed by atoms with Crippen molar-refractivity contribution in [3.63, 3.8) is 0 Å². The van der Waals surface area contributed by atoms with E-state index in [1.165, 1.54) is 17.8 Å². The number of hydrogen-bond donors (Lipinski definition) is 1. The zero-order valence-electron chi connectivity index (χ0n) is 7.49. The number of para-hydroxylation sites is 1. The molecule has 0 amide bonds. The summed E-state index contributed by atoms with van der Waals surface area (Å²) in [4.78, 5) is 3.94. The molecule has 3 nitrogen and oxygen atoms in total. The Kier molecular flexibility index (Phi) is 3.95. The number of benzene rings is 1. The van der Waals surface area contributed by atoms with E-state index < -0.39 is 5.82 Å². The van der Waals surface area contributed by atoms with Gasteiger partial charge in [-0.25, -0.2) is 9.38 Å². The van der Waals surface area contributed by atoms with Crippen LogP contribution in [0.25, 0.3) is 0 Å². The quantitative estimate of drug-likeness (QED) is 0.334. The molecule has 0 heterocycles. The molecule has 14 heavy (non-hydrogen) atoms. The summed E-state index contributed by atoms with van der Waals surface area (Å²) < 4.78 is 13.1. The van der Waals surface area contributed by atoms with Crippen molar-refractivity contribution in [2.75, 3.05) is 6.26 Å². The van der Waals surface area contributed by atoms with Crippen LogP contribution in [0.1, 0.15) is 0 Å². The smallest absolute Gasteiger partial charge is 0.183 e. The number of rotatable bonds is 1. The van der Waals surface area contributed by atoms with Crippen molar-refractivity contribution < 1.29 is 4.39 Å². The number of amidine groups is 1. The van der Waals surface area contributed by atoms with Gasteiger partial charge in [0.15, 0.2) is 11.4 Å². The highest BCUT2D eigenvalue weighted by molar-refractivity contribution is 8.13. The molecule has 1 rings (SSSR count). The summed E-state index contributed by atoms with van der Waals surface area (Å²) in [5.74, 6) is -0.404. The fraction of sp³-hybridized carbons (Fsp3) is 0.111. The molecule has 0 aliphatic heterocycles. The maximum absolute atomic E-state index is 13.1. The molecule has 0 aliphatic rings. The van der Waals surface area contributed by atoms with Gasteiger partial charge in [-0.05, 0) is 18.4 Å². The van der Waals surface area contributed by atoms with Crippen LogP contribution >= 0.6 is 11.8 Å². The number of halogens is 1. The minimum atomic E-state index is -0.404. The van der Waals surface area contributed by atoms with Gasteiger partial charge in [-0.1, -0.05) is 23.9 Å². The van der Waals surface area contributed by atoms with Crippen LogP contribution in [0.5, 0.6) is 0 Å². The summed E-state index contributed by atoms with van der Waals surface area (Å²) in [5.41, 5.74) is 0.222. The molecule has 0 aliphatic carbocycles. The van der Waals surface area contributed by atoms with Gasteiger partial charge in [-0.2, -0.15) is 5.26 Å². The second kappa shape index (κ2) is 5.25. The van der Waals surface area contributed by atoms with Crippen molar-refractivity contribution in [3.8, 4) is 6.19 Å². The van der Waals surface area contributed by atoms with Crippen LogP contribution < -0.4 is 5.32 Å². The van der Waals surface area contributed by atoms with E-state index in [1.54, 1.807) is 30.6 Å². The van der Waals surface area contributed by atoms with Crippen molar-refractivity contribution in [2.45, 2.75) is 0 Å². The third kappa shape index (κ3) is 2.75. The SMILES string of the molecule is CSC(=Nc1ccccc1F)NC#N. The molecule has 0 spiro atoms. The fourth-order valence-corrected chi connectivity index (χ4v) is 1.16. The molecular weight excluding hydrogens is 201 g/mol. The van der Waals surface area contributed by atoms with Crippen LogP contribution in [0.3, 0.4) is 0 Å². The molecule has 0 radical (unpaired) electrons. The first-order valence-corrected chi connectivity index (χ1v) is 5.02. The van der Waals surface area contributed by atoms with Crippen molar-refractivity contribution in [2.24, 2.45) is 4.99 Å². The van der Waals surface area contributed by atoms with Gasteiger partial charge in [0.25, 0.3) is 0 Å². The van der Waals surface area contributed by atoms with Gasteiger partial charge in [-0.15, -0.1) is 0 Å². The third-order valence-electron chi connectivity index (χ3n) is 1.43. The molecule has 0 atom stereocenters. The number of nitrogens with zero attached hydrogens (tertiary/aromatic N) is 2. The Balaban J connectivity index is 2.95. The van der Waals surface area contributed by atoms with Crippen LogP contribution in [0, 0.1) is 17.3 Å². The zero-order chi connectivity index (χ0) is 10.4. The second-order valence-electron chi connectivity index (χ2n) is 2.31. The van der Waals surface area contributed by atoms with Gasteiger partial charge >= 0.3 is 0 Å². The molecule has 72 valence electrons. The Hall–Kier alpha value is -1.54. The second-order valence-corrected chi connectivity index (χ2v) is 3.10. The lowest BCUT2D eigenvalue weighted by molar-refractivity contribution is 0.630. The predicted octanol–water partition coefficient (Wildman–Crippen LogP) is 2.25. The van der Waals surface area contributed by atoms with Crippen molar-refractivity contribution >= 4 is 22.6 Å². The average molecular weight is 209 g/mol. The minimum Gasteiger partial charge on any atom is -0.271 e. The molecule has 0 aromatic heterocycles. The summed E-state index contributed by atoms with van der Waals surface area (Å²) in [6.45, 7) is 0. The van der Waals surface area contributed by atoms with Crippen LogP contribution in [-0.4, -0.2) is 11.4 Å². The molecule has 1 N–H and O–H groups in total. The number of nitriles is 1. The van der Waals surface area contributed by atoms with E-state index in [0.717, 1.165) is 0 Å². The fourth-order valence-electron chi connectivity index (χ4n) is 0.824. The van der Waals surface area contributed by atoms with Crippen molar-refractivity contribution in [3.05, 3.63) is 30.1 Å². The highest BCUT2D eigenvalue weighted by atomic mass is 32.2. The first-order chi connectivity index (χ1) is 6.77. The first kappa shape index (κ1) is 10.5. The van der Waals surface area contributed by atoms with Gasteiger partial charge in [-0.3, -0.25) is 5.32 Å². The molecule has 0 bridgehead atoms. The summed E-state index contributed by atoms with van der Waals surface area (Å²) in [6, 6.07) is 6.14. The van der Waals surface area contributed by atoms with E-state index in [1.807, 2.05) is 0 Å². The highest BCUT2D eigenvalue weighted by Crippen LogP contribution is 2.17. The van der Waals surface area contributed by atoms with E-state index in [2.05, 4.69) is 10.3 Å². The number of nitrogens with one attached hydrogen (secondary N) is 1. The van der Waals surface area contributed by atoms with Gasteiger partial charge in [0.2, 0.25) is 0 Å². The number of hydrogen-bond acceptors (Lipinski definition) is 3. The maximum atomic E-state index is 13.1. The van der Waals surface area contributed by atoms with Crippen LogP contribution in [0.2, 0.25) is 0 Å². The maximum Gasteiger partial charge on any atom is 0.183 e. The monoisotopic (exact) mass is 209 g/mol. The van der Waals surface area contributed by atoms with Crippen molar-refractivity contribution in [1.29, 1.82) is 5.26 Å². The Labute approximate surface area is 85.7 Å².